The van der Waals surface area contributed by atoms with Crippen LogP contribution in [0.5, 0.6) is 0 Å². The molecule has 0 spiro atoms. The molecular formula is C17H16ClN5O2S. The third-order valence-electron chi connectivity index (χ3n) is 4.36. The second kappa shape index (κ2) is 7.05. The number of carbonyl (C=O) groups excluding carboxylic acids is 1. The number of aromatic nitrogens is 3. The number of nitrogens with one attached hydrogen (secondary N) is 2. The Morgan fingerprint density at radius 1 is 1.35 bits per heavy atom. The normalized spacial score (nSPS) is 17.4. The molecule has 0 radical (unpaired) electrons. The third-order valence-corrected chi connectivity index (χ3v) is 5.72. The van der Waals surface area contributed by atoms with E-state index in [0.29, 0.717) is 21.9 Å². The molecule has 0 saturated carbocycles. The van der Waals surface area contributed by atoms with Crippen molar-refractivity contribution in [2.45, 2.75) is 12.8 Å². The predicted molar refractivity (Wildman–Crippen MR) is 103 cm³/mol. The highest BCUT2D eigenvalue weighted by molar-refractivity contribution is 7.22. The average Bonchev–Trinajstić information content (AvgIpc) is 3.09. The number of halogens is 1. The van der Waals surface area contributed by atoms with Crippen molar-refractivity contribution in [1.82, 2.24) is 15.0 Å². The minimum absolute atomic E-state index is 0.0193. The Morgan fingerprint density at radius 3 is 2.92 bits per heavy atom. The summed E-state index contributed by atoms with van der Waals surface area (Å²) in [5, 5.41) is 4.30. The van der Waals surface area contributed by atoms with Gasteiger partial charge in [0.25, 0.3) is 5.56 Å². The van der Waals surface area contributed by atoms with Crippen molar-refractivity contribution >= 4 is 50.0 Å². The molecule has 2 N–H and O–H groups in total. The number of piperidine rings is 1. The molecule has 1 aromatic carbocycles. The smallest absolute Gasteiger partial charge is 0.270 e. The number of thiazole rings is 1. The van der Waals surface area contributed by atoms with Crippen LogP contribution in [0.15, 0.2) is 35.4 Å². The Morgan fingerprint density at radius 2 is 2.15 bits per heavy atom. The molecule has 7 nitrogen and oxygen atoms in total. The van der Waals surface area contributed by atoms with Crippen LogP contribution in [0.25, 0.3) is 10.3 Å². The first kappa shape index (κ1) is 17.0. The van der Waals surface area contributed by atoms with Gasteiger partial charge in [-0.3, -0.25) is 9.59 Å². The van der Waals surface area contributed by atoms with E-state index in [2.05, 4.69) is 25.2 Å². The molecule has 9 heteroatoms. The molecule has 4 rings (SSSR count). The minimum Gasteiger partial charge on any atom is -0.347 e. The fourth-order valence-electron chi connectivity index (χ4n) is 3.03. The van der Waals surface area contributed by atoms with Gasteiger partial charge in [0.15, 0.2) is 10.8 Å². The van der Waals surface area contributed by atoms with Gasteiger partial charge in [-0.25, -0.2) is 4.98 Å². The summed E-state index contributed by atoms with van der Waals surface area (Å²) in [7, 11) is 0. The molecule has 0 bridgehead atoms. The van der Waals surface area contributed by atoms with Crippen LogP contribution in [0.1, 0.15) is 12.8 Å². The maximum absolute atomic E-state index is 12.6. The second-order valence-electron chi connectivity index (χ2n) is 6.16. The number of aromatic amines is 1. The van der Waals surface area contributed by atoms with E-state index in [1.54, 1.807) is 24.3 Å². The summed E-state index contributed by atoms with van der Waals surface area (Å²) < 4.78 is 0.509. The molecule has 3 aromatic rings. The van der Waals surface area contributed by atoms with Gasteiger partial charge in [0.2, 0.25) is 5.91 Å². The Labute approximate surface area is 158 Å². The molecular weight excluding hydrogens is 374 g/mol. The first-order valence-corrected chi connectivity index (χ1v) is 9.45. The summed E-state index contributed by atoms with van der Waals surface area (Å²) in [4.78, 5) is 37.6. The lowest BCUT2D eigenvalue weighted by atomic mass is 9.97. The van der Waals surface area contributed by atoms with E-state index >= 15 is 0 Å². The highest BCUT2D eigenvalue weighted by atomic mass is 35.5. The van der Waals surface area contributed by atoms with Crippen LogP contribution in [-0.2, 0) is 4.79 Å². The van der Waals surface area contributed by atoms with Crippen LogP contribution in [0, 0.1) is 5.92 Å². The summed E-state index contributed by atoms with van der Waals surface area (Å²) in [5.74, 6) is -0.160. The van der Waals surface area contributed by atoms with Gasteiger partial charge in [-0.2, -0.15) is 4.98 Å². The van der Waals surface area contributed by atoms with Crippen LogP contribution in [0.4, 0.5) is 10.8 Å². The van der Waals surface area contributed by atoms with Crippen molar-refractivity contribution in [3.8, 4) is 0 Å². The maximum Gasteiger partial charge on any atom is 0.270 e. The van der Waals surface area contributed by atoms with E-state index in [9.17, 15) is 9.59 Å². The lowest BCUT2D eigenvalue weighted by Crippen LogP contribution is -2.40. The van der Waals surface area contributed by atoms with E-state index < -0.39 is 0 Å². The van der Waals surface area contributed by atoms with Gasteiger partial charge in [0.1, 0.15) is 4.70 Å². The number of benzene rings is 1. The summed E-state index contributed by atoms with van der Waals surface area (Å²) >= 11 is 7.19. The molecule has 0 aliphatic carbocycles. The molecule has 1 amide bonds. The Balaban J connectivity index is 1.49. The number of anilines is 2. The van der Waals surface area contributed by atoms with Crippen LogP contribution in [0.3, 0.4) is 0 Å². The van der Waals surface area contributed by atoms with Gasteiger partial charge in [-0.1, -0.05) is 22.9 Å². The van der Waals surface area contributed by atoms with Crippen LogP contribution in [-0.4, -0.2) is 33.9 Å². The number of H-pyrrole nitrogens is 1. The van der Waals surface area contributed by atoms with Gasteiger partial charge in [-0.15, -0.1) is 0 Å². The van der Waals surface area contributed by atoms with Crippen LogP contribution >= 0.6 is 22.9 Å². The second-order valence-corrected chi connectivity index (χ2v) is 7.58. The zero-order chi connectivity index (χ0) is 18.1. The highest BCUT2D eigenvalue weighted by Crippen LogP contribution is 2.29. The van der Waals surface area contributed by atoms with Gasteiger partial charge >= 0.3 is 0 Å². The number of hydrogen-bond acceptors (Lipinski definition) is 6. The molecule has 1 atom stereocenters. The van der Waals surface area contributed by atoms with Crippen molar-refractivity contribution in [3.05, 3.63) is 46.0 Å². The fraction of sp³-hybridized carbons (Fsp3) is 0.294. The van der Waals surface area contributed by atoms with Gasteiger partial charge in [0, 0.05) is 23.8 Å². The van der Waals surface area contributed by atoms with E-state index in [4.69, 9.17) is 11.6 Å². The van der Waals surface area contributed by atoms with Gasteiger partial charge < -0.3 is 15.2 Å². The maximum atomic E-state index is 12.6. The summed E-state index contributed by atoms with van der Waals surface area (Å²) in [5.41, 5.74) is 0.988. The standard InChI is InChI=1S/C17H16ClN5O2S/c18-11-3-5-12(6-4-11)21-15(24)10-2-1-7-23(8-10)17-22-14-13(26-17)16(25)20-9-19-14/h3-6,9-10H,1-2,7-8H2,(H,21,24)(H,19,20,25)/t10-/m1/s1. The van der Waals surface area contributed by atoms with E-state index in [1.807, 2.05) is 0 Å². The SMILES string of the molecule is O=C(Nc1ccc(Cl)cc1)[C@@H]1CCCN(c2nc3nc[nH]c(=O)c3s2)C1. The van der Waals surface area contributed by atoms with Gasteiger partial charge in [-0.05, 0) is 37.1 Å². The Kier molecular flexibility index (Phi) is 4.60. The molecule has 1 saturated heterocycles. The van der Waals surface area contributed by atoms with Crippen molar-refractivity contribution < 1.29 is 4.79 Å². The zero-order valence-electron chi connectivity index (χ0n) is 13.7. The quantitative estimate of drug-likeness (QED) is 0.718. The molecule has 0 unspecified atom stereocenters. The van der Waals surface area contributed by atoms with Gasteiger partial charge in [0.05, 0.1) is 12.2 Å². The number of fused-ring (bicyclic) bond motifs is 1. The lowest BCUT2D eigenvalue weighted by Gasteiger charge is -2.31. The Bertz CT molecular complexity index is 1000. The zero-order valence-corrected chi connectivity index (χ0v) is 15.3. The van der Waals surface area contributed by atoms with E-state index in [0.717, 1.165) is 30.2 Å². The highest BCUT2D eigenvalue weighted by Gasteiger charge is 2.28. The van der Waals surface area contributed by atoms with Crippen LogP contribution in [0.2, 0.25) is 5.02 Å². The molecule has 26 heavy (non-hydrogen) atoms. The average molecular weight is 390 g/mol. The molecule has 134 valence electrons. The lowest BCUT2D eigenvalue weighted by molar-refractivity contribution is -0.120. The van der Waals surface area contributed by atoms with Crippen molar-refractivity contribution in [3.63, 3.8) is 0 Å². The first-order valence-electron chi connectivity index (χ1n) is 8.26. The Hall–Kier alpha value is -2.45. The van der Waals surface area contributed by atoms with E-state index in [-0.39, 0.29) is 17.4 Å². The molecule has 1 aliphatic rings. The minimum atomic E-state index is -0.187. The van der Waals surface area contributed by atoms with Crippen molar-refractivity contribution in [1.29, 1.82) is 0 Å². The summed E-state index contributed by atoms with van der Waals surface area (Å²) in [6.07, 6.45) is 3.06. The number of amides is 1. The number of rotatable bonds is 3. The molecule has 1 fully saturated rings. The summed E-state index contributed by atoms with van der Waals surface area (Å²) in [6.45, 7) is 1.37. The summed E-state index contributed by atoms with van der Waals surface area (Å²) in [6, 6.07) is 7.06. The van der Waals surface area contributed by atoms with E-state index in [1.165, 1.54) is 17.7 Å². The first-order chi connectivity index (χ1) is 12.6. The van der Waals surface area contributed by atoms with Crippen LogP contribution < -0.4 is 15.8 Å². The number of nitrogens with zero attached hydrogens (tertiary/aromatic N) is 3. The monoisotopic (exact) mass is 389 g/mol. The number of hydrogen-bond donors (Lipinski definition) is 2. The number of carbonyl (C=O) groups is 1. The molecule has 1 aliphatic heterocycles. The van der Waals surface area contributed by atoms with Crippen molar-refractivity contribution in [2.24, 2.45) is 5.92 Å². The van der Waals surface area contributed by atoms with Crippen molar-refractivity contribution in [2.75, 3.05) is 23.3 Å². The predicted octanol–water partition coefficient (Wildman–Crippen LogP) is 2.89. The largest absolute Gasteiger partial charge is 0.347 e. The molecule has 2 aromatic heterocycles. The third kappa shape index (κ3) is 3.42. The molecule has 3 heterocycles. The topological polar surface area (TPSA) is 91.0 Å². The fourth-order valence-corrected chi connectivity index (χ4v) is 4.11.